The topological polar surface area (TPSA) is 52.6 Å². The van der Waals surface area contributed by atoms with E-state index in [9.17, 15) is 9.13 Å². The van der Waals surface area contributed by atoms with Crippen LogP contribution >= 0.6 is 80.3 Å². The number of halogens is 6. The second-order valence-corrected chi connectivity index (χ2v) is 12.2. The van der Waals surface area contributed by atoms with Gasteiger partial charge in [0.05, 0.1) is 13.2 Å². The molecule has 0 unspecified atom stereocenters. The molecular weight excluding hydrogens is 399 g/mol. The Kier molecular flexibility index (Phi) is 8.76. The van der Waals surface area contributed by atoms with Gasteiger partial charge in [0.2, 0.25) is 0 Å². The molecule has 0 saturated heterocycles. The van der Waals surface area contributed by atoms with Crippen LogP contribution in [0.1, 0.15) is 0 Å². The summed E-state index contributed by atoms with van der Waals surface area (Å²) >= 11 is 32.2. The summed E-state index contributed by atoms with van der Waals surface area (Å²) in [5.74, 6) is -0.0872. The first-order chi connectivity index (χ1) is 7.54. The van der Waals surface area contributed by atoms with Gasteiger partial charge in [-0.05, 0) is 45.0 Å². The Balaban J connectivity index is 4.56. The zero-order chi connectivity index (χ0) is 13.7. The van der Waals surface area contributed by atoms with Crippen molar-refractivity contribution in [2.45, 2.75) is 0 Å². The highest BCUT2D eigenvalue weighted by Crippen LogP contribution is 2.60. The molecule has 4 nitrogen and oxygen atoms in total. The highest BCUT2D eigenvalue weighted by atomic mass is 35.9. The average molecular weight is 407 g/mol. The van der Waals surface area contributed by atoms with Gasteiger partial charge >= 0.3 is 12.1 Å². The van der Waals surface area contributed by atoms with Crippen LogP contribution in [0, 0.1) is 5.41 Å². The Morgan fingerprint density at radius 1 is 0.824 bits per heavy atom. The largest absolute Gasteiger partial charge is 0.380 e. The molecule has 12 heteroatoms. The monoisotopic (exact) mass is 404 g/mol. The fraction of sp³-hybridized carbons (Fsp3) is 1.00. The lowest BCUT2D eigenvalue weighted by molar-refractivity contribution is 0.128. The van der Waals surface area contributed by atoms with E-state index in [1.165, 1.54) is 0 Å². The van der Waals surface area contributed by atoms with E-state index in [0.717, 1.165) is 0 Å². The molecule has 0 fully saturated rings. The van der Waals surface area contributed by atoms with E-state index >= 15 is 0 Å². The number of rotatable bonds is 8. The summed E-state index contributed by atoms with van der Waals surface area (Å²) in [4.78, 5) is 0. The fourth-order valence-corrected chi connectivity index (χ4v) is 2.68. The third kappa shape index (κ3) is 9.62. The zero-order valence-electron chi connectivity index (χ0n) is 8.12. The maximum atomic E-state index is 11.0. The lowest BCUT2D eigenvalue weighted by Gasteiger charge is -2.28. The Hall–Kier alpha value is 2.12. The predicted octanol–water partition coefficient (Wildman–Crippen LogP) is 5.66. The van der Waals surface area contributed by atoms with Crippen molar-refractivity contribution in [2.24, 2.45) is 5.41 Å². The average Bonchev–Trinajstić information content (AvgIpc) is 2.16. The van der Waals surface area contributed by atoms with E-state index in [1.807, 2.05) is 0 Å². The molecular formula is C5H8Cl6O4P2. The molecule has 0 rings (SSSR count). The van der Waals surface area contributed by atoms with Crippen LogP contribution in [0.3, 0.4) is 0 Å². The lowest BCUT2D eigenvalue weighted by Crippen LogP contribution is -2.35. The van der Waals surface area contributed by atoms with Gasteiger partial charge in [0.1, 0.15) is 0 Å². The number of alkyl halides is 2. The molecule has 0 aromatic heterocycles. The van der Waals surface area contributed by atoms with Gasteiger partial charge in [-0.15, -0.1) is 23.2 Å². The molecule has 0 spiro atoms. The molecule has 0 aliphatic carbocycles. The first kappa shape index (κ1) is 19.1. The molecule has 0 bridgehead atoms. The molecule has 0 atom stereocenters. The number of hydrogen-bond acceptors (Lipinski definition) is 4. The second-order valence-electron chi connectivity index (χ2n) is 3.14. The molecule has 0 radical (unpaired) electrons. The molecule has 104 valence electrons. The SMILES string of the molecule is O=P(Cl)(Cl)OCC(CCl)(CCl)COP(=O)(Cl)Cl. The molecule has 0 saturated carbocycles. The molecule has 17 heavy (non-hydrogen) atoms. The van der Waals surface area contributed by atoms with Crippen molar-refractivity contribution >= 4 is 80.3 Å². The van der Waals surface area contributed by atoms with Crippen LogP contribution in [-0.2, 0) is 18.2 Å². The van der Waals surface area contributed by atoms with Gasteiger partial charge in [-0.3, -0.25) is 9.13 Å². The molecule has 0 N–H and O–H groups in total. The minimum Gasteiger partial charge on any atom is -0.305 e. The van der Waals surface area contributed by atoms with Crippen LogP contribution in [0.2, 0.25) is 0 Å². The Labute approximate surface area is 128 Å². The first-order valence-electron chi connectivity index (χ1n) is 3.93. The van der Waals surface area contributed by atoms with Crippen LogP contribution in [0.15, 0.2) is 0 Å². The first-order valence-corrected chi connectivity index (χ1v) is 11.9. The third-order valence-corrected chi connectivity index (χ3v) is 4.77. The van der Waals surface area contributed by atoms with E-state index in [-0.39, 0.29) is 25.0 Å². The van der Waals surface area contributed by atoms with Crippen molar-refractivity contribution in [1.82, 2.24) is 0 Å². The van der Waals surface area contributed by atoms with Gasteiger partial charge in [-0.2, -0.15) is 0 Å². The van der Waals surface area contributed by atoms with Gasteiger partial charge in [0.15, 0.2) is 0 Å². The van der Waals surface area contributed by atoms with Crippen molar-refractivity contribution in [3.05, 3.63) is 0 Å². The van der Waals surface area contributed by atoms with Gasteiger partial charge in [0.25, 0.3) is 0 Å². The van der Waals surface area contributed by atoms with Crippen molar-refractivity contribution in [3.8, 4) is 0 Å². The predicted molar refractivity (Wildman–Crippen MR) is 74.4 cm³/mol. The van der Waals surface area contributed by atoms with Gasteiger partial charge in [-0.1, -0.05) is 0 Å². The van der Waals surface area contributed by atoms with E-state index < -0.39 is 17.6 Å². The maximum absolute atomic E-state index is 11.0. The zero-order valence-corrected chi connectivity index (χ0v) is 14.4. The van der Waals surface area contributed by atoms with Crippen molar-refractivity contribution in [2.75, 3.05) is 25.0 Å². The highest BCUT2D eigenvalue weighted by Gasteiger charge is 2.34. The van der Waals surface area contributed by atoms with Crippen molar-refractivity contribution in [3.63, 3.8) is 0 Å². The Morgan fingerprint density at radius 2 is 1.12 bits per heavy atom. The number of hydrogen-bond donors (Lipinski definition) is 0. The summed E-state index contributed by atoms with van der Waals surface area (Å²) < 4.78 is 31.3. The standard InChI is InChI=1S/C5H8Cl6O4P2/c6-1-5(2-7,3-14-16(8,9)12)4-15-17(10,11)13/h1-4H2. The summed E-state index contributed by atoms with van der Waals surface area (Å²) in [5.41, 5.74) is -0.998. The highest BCUT2D eigenvalue weighted by molar-refractivity contribution is 8.05. The van der Waals surface area contributed by atoms with Crippen LogP contribution in [-0.4, -0.2) is 25.0 Å². The normalized spacial score (nSPS) is 14.0. The van der Waals surface area contributed by atoms with Crippen LogP contribution in [0.4, 0.5) is 0 Å². The van der Waals surface area contributed by atoms with Gasteiger partial charge in [-0.25, -0.2) is 0 Å². The quantitative estimate of drug-likeness (QED) is 0.386. The lowest BCUT2D eigenvalue weighted by atomic mass is 9.96. The summed E-state index contributed by atoms with van der Waals surface area (Å²) in [6, 6.07) is 0. The third-order valence-electron chi connectivity index (χ3n) is 1.61. The molecule has 0 aliphatic rings. The van der Waals surface area contributed by atoms with Crippen molar-refractivity contribution < 1.29 is 18.2 Å². The molecule has 0 aromatic rings. The van der Waals surface area contributed by atoms with Gasteiger partial charge in [0, 0.05) is 17.2 Å². The Morgan fingerprint density at radius 3 is 1.29 bits per heavy atom. The van der Waals surface area contributed by atoms with Crippen LogP contribution < -0.4 is 0 Å². The van der Waals surface area contributed by atoms with E-state index in [1.54, 1.807) is 0 Å². The summed E-state index contributed by atoms with van der Waals surface area (Å²) in [6.45, 7) is -0.504. The second kappa shape index (κ2) is 7.78. The van der Waals surface area contributed by atoms with Gasteiger partial charge < -0.3 is 9.05 Å². The minimum atomic E-state index is -3.72. The maximum Gasteiger partial charge on any atom is 0.380 e. The van der Waals surface area contributed by atoms with E-state index in [0.29, 0.717) is 0 Å². The Bertz CT molecular complexity index is 294. The molecule has 0 aromatic carbocycles. The van der Waals surface area contributed by atoms with E-state index in [2.05, 4.69) is 0 Å². The summed E-state index contributed by atoms with van der Waals surface area (Å²) in [6.07, 6.45) is -7.43. The molecule has 0 amide bonds. The van der Waals surface area contributed by atoms with E-state index in [4.69, 9.17) is 77.2 Å². The van der Waals surface area contributed by atoms with Crippen molar-refractivity contribution in [1.29, 1.82) is 0 Å². The summed E-state index contributed by atoms with van der Waals surface area (Å²) in [5, 5.41) is 0. The minimum absolute atomic E-state index is 0.0436. The van der Waals surface area contributed by atoms with Crippen LogP contribution in [0.5, 0.6) is 0 Å². The summed E-state index contributed by atoms with van der Waals surface area (Å²) in [7, 11) is 0. The van der Waals surface area contributed by atoms with Crippen LogP contribution in [0.25, 0.3) is 0 Å². The molecule has 0 aliphatic heterocycles. The smallest absolute Gasteiger partial charge is 0.305 e. The molecule has 0 heterocycles. The fourth-order valence-electron chi connectivity index (χ4n) is 0.656.